The van der Waals surface area contributed by atoms with E-state index in [-0.39, 0.29) is 41.1 Å². The van der Waals surface area contributed by atoms with Gasteiger partial charge in [0.25, 0.3) is 0 Å². The molecule has 1 amide bonds. The molecule has 0 saturated carbocycles. The van der Waals surface area contributed by atoms with Gasteiger partial charge in [-0.3, -0.25) is 28.5 Å². The third kappa shape index (κ3) is 5.21. The van der Waals surface area contributed by atoms with Gasteiger partial charge in [0.05, 0.1) is 54.4 Å². The van der Waals surface area contributed by atoms with E-state index in [1.54, 1.807) is 19.4 Å². The van der Waals surface area contributed by atoms with Crippen molar-refractivity contribution in [2.45, 2.75) is 58.7 Å². The SMILES string of the molecule is C=CC(=O)N1CC(F)(Cn2c(=O)c(=O)n(-c3c(C(C)C)ccnc3C(C)C)c3nc(-c4c(C)cccc4OC)c(Cl)cc32)C1. The van der Waals surface area contributed by atoms with Crippen LogP contribution in [0.15, 0.2) is 58.8 Å². The lowest BCUT2D eigenvalue weighted by atomic mass is 9.95. The third-order valence-electron chi connectivity index (χ3n) is 8.01. The van der Waals surface area contributed by atoms with Gasteiger partial charge in [0.15, 0.2) is 11.3 Å². The van der Waals surface area contributed by atoms with Gasteiger partial charge < -0.3 is 9.64 Å². The fourth-order valence-corrected chi connectivity index (χ4v) is 6.07. The van der Waals surface area contributed by atoms with E-state index in [4.69, 9.17) is 21.3 Å². The molecule has 9 nitrogen and oxygen atoms in total. The smallest absolute Gasteiger partial charge is 0.322 e. The quantitative estimate of drug-likeness (QED) is 0.189. The lowest BCUT2D eigenvalue weighted by molar-refractivity contribution is -0.141. The zero-order chi connectivity index (χ0) is 32.1. The molecule has 1 aliphatic heterocycles. The Morgan fingerprint density at radius 1 is 1.16 bits per heavy atom. The van der Waals surface area contributed by atoms with Crippen molar-refractivity contribution in [3.05, 3.63) is 91.7 Å². The lowest BCUT2D eigenvalue weighted by Crippen LogP contribution is -2.63. The minimum Gasteiger partial charge on any atom is -0.496 e. The summed E-state index contributed by atoms with van der Waals surface area (Å²) in [4.78, 5) is 50.9. The first-order valence-corrected chi connectivity index (χ1v) is 14.8. The maximum atomic E-state index is 16.0. The second-order valence-electron chi connectivity index (χ2n) is 11.8. The van der Waals surface area contributed by atoms with Gasteiger partial charge >= 0.3 is 11.1 Å². The maximum absolute atomic E-state index is 16.0. The van der Waals surface area contributed by atoms with E-state index in [1.165, 1.54) is 15.5 Å². The van der Waals surface area contributed by atoms with Crippen molar-refractivity contribution in [2.75, 3.05) is 20.2 Å². The van der Waals surface area contributed by atoms with Crippen molar-refractivity contribution in [1.82, 2.24) is 24.0 Å². The summed E-state index contributed by atoms with van der Waals surface area (Å²) >= 11 is 6.88. The molecule has 44 heavy (non-hydrogen) atoms. The van der Waals surface area contributed by atoms with Gasteiger partial charge in [-0.2, -0.15) is 0 Å². The summed E-state index contributed by atoms with van der Waals surface area (Å²) in [6.45, 7) is 12.3. The van der Waals surface area contributed by atoms with Gasteiger partial charge in [-0.1, -0.05) is 58.0 Å². The highest BCUT2D eigenvalue weighted by molar-refractivity contribution is 6.33. The highest BCUT2D eigenvalue weighted by atomic mass is 35.5. The van der Waals surface area contributed by atoms with Crippen molar-refractivity contribution >= 4 is 28.7 Å². The van der Waals surface area contributed by atoms with Gasteiger partial charge in [0, 0.05) is 11.8 Å². The highest BCUT2D eigenvalue weighted by Crippen LogP contribution is 2.39. The topological polar surface area (TPSA) is 99.3 Å². The zero-order valence-corrected chi connectivity index (χ0v) is 26.4. The van der Waals surface area contributed by atoms with Gasteiger partial charge in [-0.05, 0) is 54.2 Å². The van der Waals surface area contributed by atoms with Gasteiger partial charge in [-0.25, -0.2) is 9.37 Å². The number of fused-ring (bicyclic) bond motifs is 1. The molecule has 230 valence electrons. The number of amides is 1. The first-order chi connectivity index (χ1) is 20.8. The molecule has 0 N–H and O–H groups in total. The minimum atomic E-state index is -1.95. The molecule has 0 spiro atoms. The number of carbonyl (C=O) groups excluding carboxylic acids is 1. The van der Waals surface area contributed by atoms with Crippen molar-refractivity contribution in [3.63, 3.8) is 0 Å². The van der Waals surface area contributed by atoms with Crippen LogP contribution in [0, 0.1) is 6.92 Å². The molecular weight excluding hydrogens is 585 g/mol. The van der Waals surface area contributed by atoms with E-state index in [2.05, 4.69) is 11.6 Å². The average Bonchev–Trinajstić information content (AvgIpc) is 2.97. The van der Waals surface area contributed by atoms with E-state index < -0.39 is 29.2 Å². The molecule has 0 unspecified atom stereocenters. The number of rotatable bonds is 8. The summed E-state index contributed by atoms with van der Waals surface area (Å²) in [6.07, 6.45) is 2.80. The number of benzene rings is 1. The third-order valence-corrected chi connectivity index (χ3v) is 8.30. The molecular formula is C33H35ClFN5O4. The van der Waals surface area contributed by atoms with E-state index in [1.807, 2.05) is 52.8 Å². The molecule has 0 atom stereocenters. The Balaban J connectivity index is 1.89. The first-order valence-electron chi connectivity index (χ1n) is 14.4. The summed E-state index contributed by atoms with van der Waals surface area (Å²) in [5.74, 6) is -0.0203. The summed E-state index contributed by atoms with van der Waals surface area (Å²) < 4.78 is 24.0. The van der Waals surface area contributed by atoms with Crippen molar-refractivity contribution in [3.8, 4) is 22.7 Å². The molecule has 0 radical (unpaired) electrons. The molecule has 0 aliphatic carbocycles. The average molecular weight is 620 g/mol. The van der Waals surface area contributed by atoms with Crippen molar-refractivity contribution in [1.29, 1.82) is 0 Å². The van der Waals surface area contributed by atoms with E-state index in [0.717, 1.165) is 21.8 Å². The standard InChI is InChI=1S/C33H35ClFN5O4/c1-8-25(41)38-15-33(35,16-38)17-39-23-14-22(34)28(26-20(6)10-9-11-24(26)44-7)37-30(23)40(32(43)31(39)42)29-21(18(2)3)12-13-36-27(29)19(4)5/h8-14,18-19H,1,15-17H2,2-7H3. The lowest BCUT2D eigenvalue weighted by Gasteiger charge is -2.44. The zero-order valence-electron chi connectivity index (χ0n) is 25.6. The summed E-state index contributed by atoms with van der Waals surface area (Å²) in [5.41, 5.74) is 0.203. The Morgan fingerprint density at radius 3 is 2.48 bits per heavy atom. The number of hydrogen-bond acceptors (Lipinski definition) is 6. The summed E-state index contributed by atoms with van der Waals surface area (Å²) in [5, 5.41) is 0.188. The number of hydrogen-bond donors (Lipinski definition) is 0. The molecule has 0 bridgehead atoms. The number of alkyl halides is 1. The van der Waals surface area contributed by atoms with Crippen LogP contribution in [0.3, 0.4) is 0 Å². The number of nitrogens with zero attached hydrogens (tertiary/aromatic N) is 5. The fraction of sp³-hybridized carbons (Fsp3) is 0.364. The molecule has 4 heterocycles. The van der Waals surface area contributed by atoms with E-state index >= 15 is 4.39 Å². The van der Waals surface area contributed by atoms with Crippen LogP contribution in [0.25, 0.3) is 28.1 Å². The number of methoxy groups -OCH3 is 1. The molecule has 1 saturated heterocycles. The Morgan fingerprint density at radius 2 is 1.86 bits per heavy atom. The van der Waals surface area contributed by atoms with E-state index in [9.17, 15) is 14.4 Å². The molecule has 1 fully saturated rings. The molecule has 4 aromatic rings. The van der Waals surface area contributed by atoms with Crippen LogP contribution in [0.4, 0.5) is 4.39 Å². The Hall–Kier alpha value is -4.31. The van der Waals surface area contributed by atoms with Gasteiger partial charge in [0.2, 0.25) is 5.91 Å². The normalized spacial score (nSPS) is 14.3. The first kappa shape index (κ1) is 31.1. The number of aryl methyl sites for hydroxylation is 1. The number of carbonyl (C=O) groups is 1. The predicted molar refractivity (Wildman–Crippen MR) is 170 cm³/mol. The Labute approximate surface area is 259 Å². The molecule has 5 rings (SSSR count). The molecule has 3 aromatic heterocycles. The van der Waals surface area contributed by atoms with Gasteiger partial charge in [-0.15, -0.1) is 0 Å². The second kappa shape index (κ2) is 11.6. The number of ether oxygens (including phenoxy) is 1. The molecule has 1 aromatic carbocycles. The molecule has 11 heteroatoms. The van der Waals surface area contributed by atoms with Crippen LogP contribution in [0.2, 0.25) is 5.02 Å². The number of likely N-dealkylation sites (tertiary alicyclic amines) is 1. The van der Waals surface area contributed by atoms with Crippen LogP contribution in [0.5, 0.6) is 5.75 Å². The maximum Gasteiger partial charge on any atom is 0.322 e. The van der Waals surface area contributed by atoms with Crippen molar-refractivity contribution < 1.29 is 13.9 Å². The van der Waals surface area contributed by atoms with Crippen LogP contribution in [0.1, 0.15) is 56.4 Å². The van der Waals surface area contributed by atoms with E-state index in [0.29, 0.717) is 28.4 Å². The monoisotopic (exact) mass is 619 g/mol. The number of halogens is 2. The Bertz CT molecular complexity index is 1900. The fourth-order valence-electron chi connectivity index (χ4n) is 5.83. The largest absolute Gasteiger partial charge is 0.496 e. The van der Waals surface area contributed by atoms with Crippen molar-refractivity contribution in [2.24, 2.45) is 0 Å². The van der Waals surface area contributed by atoms with Crippen LogP contribution in [-0.2, 0) is 11.3 Å². The van der Waals surface area contributed by atoms with Crippen LogP contribution < -0.4 is 15.9 Å². The van der Waals surface area contributed by atoms with Crippen LogP contribution >= 0.6 is 11.6 Å². The summed E-state index contributed by atoms with van der Waals surface area (Å²) in [7, 11) is 1.54. The van der Waals surface area contributed by atoms with Gasteiger partial charge in [0.1, 0.15) is 5.75 Å². The predicted octanol–water partition coefficient (Wildman–Crippen LogP) is 5.56. The number of pyridine rings is 2. The minimum absolute atomic E-state index is 0.0319. The number of aromatic nitrogens is 4. The second-order valence-corrected chi connectivity index (χ2v) is 12.2. The molecule has 1 aliphatic rings. The Kier molecular flexibility index (Phi) is 8.24. The van der Waals surface area contributed by atoms with Crippen LogP contribution in [-0.4, -0.2) is 55.8 Å². The summed E-state index contributed by atoms with van der Waals surface area (Å²) in [6, 6.07) is 8.89. The highest BCUT2D eigenvalue weighted by Gasteiger charge is 2.46.